The number of hydrogen-bond donors (Lipinski definition) is 0. The van der Waals surface area contributed by atoms with Crippen LogP contribution in [0.3, 0.4) is 0 Å². The summed E-state index contributed by atoms with van der Waals surface area (Å²) in [6, 6.07) is 5.15. The third-order valence-electron chi connectivity index (χ3n) is 9.00. The molecule has 0 N–H and O–H groups in total. The van der Waals surface area contributed by atoms with Crippen LogP contribution in [0.5, 0.6) is 6.01 Å². The molecule has 3 atom stereocenters. The smallest absolute Gasteiger partial charge is 0.318 e. The average Bonchev–Trinajstić information content (AvgIpc) is 3.58. The summed E-state index contributed by atoms with van der Waals surface area (Å²) in [5.41, 5.74) is 3.76. The van der Waals surface area contributed by atoms with Gasteiger partial charge in [-0.3, -0.25) is 4.79 Å². The van der Waals surface area contributed by atoms with Gasteiger partial charge in [-0.05, 0) is 86.7 Å². The topological polar surface area (TPSA) is 85.6 Å². The second-order valence-electron chi connectivity index (χ2n) is 11.4. The van der Waals surface area contributed by atoms with E-state index in [4.69, 9.17) is 14.7 Å². The Balaban J connectivity index is 1.31. The molecule has 39 heavy (non-hydrogen) atoms. The minimum absolute atomic E-state index is 0.0635. The zero-order valence-corrected chi connectivity index (χ0v) is 23.5. The molecular weight excluding hydrogens is 508 g/mol. The van der Waals surface area contributed by atoms with Crippen LogP contribution in [0.15, 0.2) is 30.2 Å². The fourth-order valence-electron chi connectivity index (χ4n) is 6.74. The van der Waals surface area contributed by atoms with Crippen molar-refractivity contribution in [2.45, 2.75) is 57.0 Å². The summed E-state index contributed by atoms with van der Waals surface area (Å²) in [6.45, 7) is 7.08. The molecule has 9 heteroatoms. The number of thiophene rings is 1. The highest BCUT2D eigenvalue weighted by molar-refractivity contribution is 7.11. The Bertz CT molecular complexity index is 1330. The molecule has 0 bridgehead atoms. The number of nitriles is 1. The lowest BCUT2D eigenvalue weighted by atomic mass is 9.68. The maximum Gasteiger partial charge on any atom is 0.318 e. The Morgan fingerprint density at radius 3 is 3.00 bits per heavy atom. The highest BCUT2D eigenvalue weighted by atomic mass is 32.1. The summed E-state index contributed by atoms with van der Waals surface area (Å²) in [5, 5.41) is 11.7. The number of piperazine rings is 1. The van der Waals surface area contributed by atoms with Crippen LogP contribution in [-0.4, -0.2) is 77.6 Å². The van der Waals surface area contributed by atoms with Crippen molar-refractivity contribution >= 4 is 29.1 Å². The van der Waals surface area contributed by atoms with Gasteiger partial charge in [-0.1, -0.05) is 12.7 Å². The number of anilines is 1. The van der Waals surface area contributed by atoms with Crippen LogP contribution >= 0.6 is 11.3 Å². The number of carbonyl (C=O) groups is 1. The quantitative estimate of drug-likeness (QED) is 0.511. The van der Waals surface area contributed by atoms with Gasteiger partial charge in [-0.2, -0.15) is 15.2 Å². The lowest BCUT2D eigenvalue weighted by Gasteiger charge is -2.43. The minimum Gasteiger partial charge on any atom is -0.462 e. The Morgan fingerprint density at radius 1 is 1.31 bits per heavy atom. The number of rotatable bonds is 6. The predicted octanol–water partition coefficient (Wildman–Crippen LogP) is 3.87. The first-order valence-corrected chi connectivity index (χ1v) is 14.9. The van der Waals surface area contributed by atoms with Crippen LogP contribution in [0.25, 0.3) is 6.08 Å². The van der Waals surface area contributed by atoms with Crippen molar-refractivity contribution in [1.29, 1.82) is 5.26 Å². The fraction of sp³-hybridized carbons (Fsp3) is 0.533. The van der Waals surface area contributed by atoms with Gasteiger partial charge in [0.15, 0.2) is 0 Å². The number of fused-ring (bicyclic) bond motifs is 2. The SMILES string of the molecule is C=CC(=O)N1CCN(c2nc(OCC3CCCN3C)nc3c2CCC2(C=Cc4sccc4C2)C3)CC1CC#N. The summed E-state index contributed by atoms with van der Waals surface area (Å²) in [7, 11) is 2.15. The zero-order chi connectivity index (χ0) is 27.0. The number of carbonyl (C=O) groups excluding carboxylic acids is 1. The molecule has 2 aliphatic carbocycles. The van der Waals surface area contributed by atoms with Crippen LogP contribution in [0.4, 0.5) is 5.82 Å². The zero-order valence-electron chi connectivity index (χ0n) is 22.6. The van der Waals surface area contributed by atoms with Gasteiger partial charge in [-0.25, -0.2) is 0 Å². The van der Waals surface area contributed by atoms with E-state index in [9.17, 15) is 10.1 Å². The molecule has 3 unspecified atom stereocenters. The molecule has 2 aromatic rings. The normalized spacial score (nSPS) is 26.3. The highest BCUT2D eigenvalue weighted by Gasteiger charge is 2.39. The van der Waals surface area contributed by atoms with Crippen molar-refractivity contribution in [1.82, 2.24) is 19.8 Å². The van der Waals surface area contributed by atoms with Gasteiger partial charge in [0.2, 0.25) is 5.91 Å². The van der Waals surface area contributed by atoms with Gasteiger partial charge in [0, 0.05) is 36.1 Å². The first-order chi connectivity index (χ1) is 19.0. The fourth-order valence-corrected chi connectivity index (χ4v) is 7.56. The second kappa shape index (κ2) is 10.7. The molecule has 2 fully saturated rings. The molecule has 0 saturated carbocycles. The Kier molecular flexibility index (Phi) is 7.17. The van der Waals surface area contributed by atoms with Gasteiger partial charge in [-0.15, -0.1) is 11.3 Å². The Morgan fingerprint density at radius 2 is 2.21 bits per heavy atom. The molecule has 1 amide bonds. The Hall–Kier alpha value is -3.22. The molecule has 0 radical (unpaired) electrons. The van der Waals surface area contributed by atoms with Gasteiger partial charge >= 0.3 is 6.01 Å². The molecule has 2 saturated heterocycles. The van der Waals surface area contributed by atoms with E-state index in [0.29, 0.717) is 38.3 Å². The molecule has 2 aliphatic heterocycles. The summed E-state index contributed by atoms with van der Waals surface area (Å²) >= 11 is 1.81. The minimum atomic E-state index is -0.204. The number of amides is 1. The number of ether oxygens (including phenoxy) is 1. The van der Waals surface area contributed by atoms with Crippen molar-refractivity contribution in [2.24, 2.45) is 5.41 Å². The van der Waals surface area contributed by atoms with Gasteiger partial charge in [0.25, 0.3) is 0 Å². The van der Waals surface area contributed by atoms with Crippen LogP contribution in [-0.2, 0) is 24.1 Å². The molecule has 204 valence electrons. The van der Waals surface area contributed by atoms with E-state index in [1.165, 1.54) is 28.5 Å². The van der Waals surface area contributed by atoms with E-state index in [2.05, 4.69) is 53.1 Å². The third kappa shape index (κ3) is 5.08. The van der Waals surface area contributed by atoms with E-state index in [0.717, 1.165) is 50.2 Å². The highest BCUT2D eigenvalue weighted by Crippen LogP contribution is 2.46. The number of allylic oxidation sites excluding steroid dienone is 1. The van der Waals surface area contributed by atoms with Gasteiger partial charge in [0.05, 0.1) is 24.2 Å². The van der Waals surface area contributed by atoms with E-state index in [1.807, 2.05) is 11.3 Å². The van der Waals surface area contributed by atoms with Crippen molar-refractivity contribution < 1.29 is 9.53 Å². The first-order valence-electron chi connectivity index (χ1n) is 14.0. The van der Waals surface area contributed by atoms with Crippen molar-refractivity contribution in [3.8, 4) is 12.1 Å². The van der Waals surface area contributed by atoms with Crippen LogP contribution < -0.4 is 9.64 Å². The molecule has 6 rings (SSSR count). The largest absolute Gasteiger partial charge is 0.462 e. The van der Waals surface area contributed by atoms with Gasteiger partial charge in [0.1, 0.15) is 12.4 Å². The number of likely N-dealkylation sites (tertiary alicyclic amines) is 1. The van der Waals surface area contributed by atoms with E-state index < -0.39 is 0 Å². The van der Waals surface area contributed by atoms with E-state index in [-0.39, 0.29) is 23.8 Å². The monoisotopic (exact) mass is 544 g/mol. The summed E-state index contributed by atoms with van der Waals surface area (Å²) in [6.07, 6.45) is 12.5. The molecule has 1 spiro atoms. The number of nitrogens with zero attached hydrogens (tertiary/aromatic N) is 6. The molecule has 0 aromatic carbocycles. The van der Waals surface area contributed by atoms with E-state index >= 15 is 0 Å². The summed E-state index contributed by atoms with van der Waals surface area (Å²) in [5.74, 6) is 0.789. The molecule has 4 heterocycles. The summed E-state index contributed by atoms with van der Waals surface area (Å²) in [4.78, 5) is 30.2. The molecular formula is C30H36N6O2S. The standard InChI is InChI=1S/C30H36N6O2S/c1-3-27(37)36-15-14-35(19-22(36)8-12-31)28-24-6-10-30(11-7-26-21(17-30)9-16-39-26)18-25(24)32-29(33-28)38-20-23-5-4-13-34(23)2/h3,7,9,11,16,22-23H,1,4-6,8,10,13-15,17-20H2,2H3. The van der Waals surface area contributed by atoms with Crippen LogP contribution in [0.1, 0.15) is 47.4 Å². The molecule has 4 aliphatic rings. The predicted molar refractivity (Wildman–Crippen MR) is 153 cm³/mol. The molecule has 8 nitrogen and oxygen atoms in total. The first kappa shape index (κ1) is 26.0. The summed E-state index contributed by atoms with van der Waals surface area (Å²) < 4.78 is 6.29. The second-order valence-corrected chi connectivity index (χ2v) is 12.3. The lowest BCUT2D eigenvalue weighted by Crippen LogP contribution is -2.55. The average molecular weight is 545 g/mol. The van der Waals surface area contributed by atoms with Crippen molar-refractivity contribution in [3.05, 3.63) is 51.9 Å². The lowest BCUT2D eigenvalue weighted by molar-refractivity contribution is -0.128. The number of likely N-dealkylation sites (N-methyl/N-ethyl adjacent to an activating group) is 1. The van der Waals surface area contributed by atoms with Crippen molar-refractivity contribution in [3.63, 3.8) is 0 Å². The number of aromatic nitrogens is 2. The third-order valence-corrected chi connectivity index (χ3v) is 9.92. The van der Waals surface area contributed by atoms with Crippen LogP contribution in [0.2, 0.25) is 0 Å². The molecule has 2 aromatic heterocycles. The van der Waals surface area contributed by atoms with Crippen LogP contribution in [0, 0.1) is 16.7 Å². The number of hydrogen-bond acceptors (Lipinski definition) is 8. The Labute approximate surface area is 234 Å². The maximum atomic E-state index is 12.5. The van der Waals surface area contributed by atoms with Gasteiger partial charge < -0.3 is 19.4 Å². The maximum absolute atomic E-state index is 12.5. The van der Waals surface area contributed by atoms with E-state index in [1.54, 1.807) is 4.90 Å². The van der Waals surface area contributed by atoms with Crippen molar-refractivity contribution in [2.75, 3.05) is 44.7 Å².